The van der Waals surface area contributed by atoms with Gasteiger partial charge in [0, 0.05) is 24.3 Å². The summed E-state index contributed by atoms with van der Waals surface area (Å²) in [7, 11) is 0. The zero-order valence-corrected chi connectivity index (χ0v) is 23.6. The van der Waals surface area contributed by atoms with E-state index >= 15 is 0 Å². The fourth-order valence-corrected chi connectivity index (χ4v) is 5.87. The molecule has 0 saturated carbocycles. The molecule has 0 aromatic heterocycles. The molecule has 0 spiro atoms. The average molecular weight is 583 g/mol. The van der Waals surface area contributed by atoms with Crippen molar-refractivity contribution in [3.63, 3.8) is 0 Å². The highest BCUT2D eigenvalue weighted by molar-refractivity contribution is 6.01. The molecule has 2 unspecified atom stereocenters. The van der Waals surface area contributed by atoms with Crippen molar-refractivity contribution in [2.24, 2.45) is 5.41 Å². The molecule has 3 atom stereocenters. The van der Waals surface area contributed by atoms with Crippen LogP contribution in [0.15, 0.2) is 60.7 Å². The van der Waals surface area contributed by atoms with Crippen molar-refractivity contribution in [1.29, 1.82) is 0 Å². The lowest BCUT2D eigenvalue weighted by atomic mass is 9.92. The van der Waals surface area contributed by atoms with E-state index in [1.54, 1.807) is 12.1 Å². The van der Waals surface area contributed by atoms with Crippen LogP contribution in [0.25, 0.3) is 10.8 Å². The number of hydrogen-bond donors (Lipinski definition) is 1. The number of alkyl halides is 3. The van der Waals surface area contributed by atoms with E-state index in [2.05, 4.69) is 0 Å². The molecule has 222 valence electrons. The molecule has 1 N–H and O–H groups in total. The molecule has 10 heteroatoms. The second kappa shape index (κ2) is 11.1. The monoisotopic (exact) mass is 582 g/mol. The first-order valence-corrected chi connectivity index (χ1v) is 13.9. The molecule has 0 aliphatic carbocycles. The Hall–Kier alpha value is -3.92. The highest BCUT2D eigenvalue weighted by Gasteiger charge is 2.43. The van der Waals surface area contributed by atoms with Crippen molar-refractivity contribution in [2.45, 2.75) is 64.5 Å². The third-order valence-electron chi connectivity index (χ3n) is 7.73. The molecule has 2 amide bonds. The third kappa shape index (κ3) is 5.86. The summed E-state index contributed by atoms with van der Waals surface area (Å²) in [4.78, 5) is 42.1. The number of benzene rings is 3. The van der Waals surface area contributed by atoms with E-state index in [1.165, 1.54) is 15.9 Å². The van der Waals surface area contributed by atoms with E-state index in [-0.39, 0.29) is 24.3 Å². The second-order valence-corrected chi connectivity index (χ2v) is 12.1. The van der Waals surface area contributed by atoms with E-state index < -0.39 is 59.6 Å². The lowest BCUT2D eigenvalue weighted by molar-refractivity contribution is -0.151. The molecule has 1 saturated heterocycles. The number of carbonyl (C=O) groups is 3. The molecule has 2 aliphatic heterocycles. The quantitative estimate of drug-likeness (QED) is 0.388. The van der Waals surface area contributed by atoms with Crippen LogP contribution in [0.2, 0.25) is 0 Å². The van der Waals surface area contributed by atoms with Crippen molar-refractivity contribution in [3.05, 3.63) is 77.4 Å². The summed E-state index contributed by atoms with van der Waals surface area (Å²) >= 11 is 0. The van der Waals surface area contributed by atoms with Gasteiger partial charge in [-0.3, -0.25) is 9.59 Å². The third-order valence-corrected chi connectivity index (χ3v) is 7.73. The Morgan fingerprint density at radius 2 is 1.71 bits per heavy atom. The van der Waals surface area contributed by atoms with Crippen LogP contribution in [-0.2, 0) is 25.3 Å². The number of ether oxygens (including phenoxy) is 1. The van der Waals surface area contributed by atoms with Gasteiger partial charge in [0.2, 0.25) is 5.91 Å². The number of amides is 2. The zero-order valence-electron chi connectivity index (χ0n) is 23.6. The average Bonchev–Trinajstić information content (AvgIpc) is 3.40. The normalized spacial score (nSPS) is 21.4. The van der Waals surface area contributed by atoms with E-state index in [4.69, 9.17) is 4.74 Å². The number of carboxylic acids is 1. The largest absolute Gasteiger partial charge is 0.480 e. The Labute approximate surface area is 241 Å². The van der Waals surface area contributed by atoms with Crippen LogP contribution < -0.4 is 4.90 Å². The SMILES string of the molecule is CC(C)(C)CN1C(=O)C(CC(=O)N2CCC[C@H]2C(=O)O)OC(c2cccc3ccccc23)c2cc(C(F)(F)F)ccc21. The predicted octanol–water partition coefficient (Wildman–Crippen LogP) is 6.19. The number of rotatable bonds is 5. The fourth-order valence-electron chi connectivity index (χ4n) is 5.87. The molecule has 5 rings (SSSR count). The van der Waals surface area contributed by atoms with Gasteiger partial charge in [-0.05, 0) is 52.8 Å². The highest BCUT2D eigenvalue weighted by Crippen LogP contribution is 2.44. The van der Waals surface area contributed by atoms with Gasteiger partial charge in [0.15, 0.2) is 0 Å². The molecule has 0 bridgehead atoms. The van der Waals surface area contributed by atoms with Crippen LogP contribution in [0.3, 0.4) is 0 Å². The second-order valence-electron chi connectivity index (χ2n) is 12.1. The number of aliphatic carboxylic acids is 1. The number of nitrogens with zero attached hydrogens (tertiary/aromatic N) is 2. The van der Waals surface area contributed by atoms with E-state index in [0.717, 1.165) is 22.9 Å². The first kappa shape index (κ1) is 29.6. The van der Waals surface area contributed by atoms with Gasteiger partial charge in [-0.2, -0.15) is 13.2 Å². The maximum Gasteiger partial charge on any atom is 0.416 e. The smallest absolute Gasteiger partial charge is 0.416 e. The Morgan fingerprint density at radius 3 is 2.40 bits per heavy atom. The standard InChI is InChI=1S/C32H33F3N2O5/c1-31(2,3)18-37-24-14-13-20(32(33,34)35)16-23(24)28(22-11-6-9-19-8-4-5-10-21(19)22)42-26(29(37)39)17-27(38)36-15-7-12-25(36)30(40)41/h4-6,8-11,13-14,16,25-26,28H,7,12,15,17-18H2,1-3H3,(H,40,41)/t25-,26?,28?/m0/s1. The van der Waals surface area contributed by atoms with Crippen LogP contribution in [0, 0.1) is 5.41 Å². The van der Waals surface area contributed by atoms with Crippen molar-refractivity contribution in [3.8, 4) is 0 Å². The Kier molecular flexibility index (Phi) is 7.78. The van der Waals surface area contributed by atoms with Gasteiger partial charge in [0.05, 0.1) is 12.0 Å². The lowest BCUT2D eigenvalue weighted by Gasteiger charge is -2.32. The Morgan fingerprint density at radius 1 is 1.00 bits per heavy atom. The van der Waals surface area contributed by atoms with Crippen LogP contribution in [-0.4, -0.2) is 53.0 Å². The summed E-state index contributed by atoms with van der Waals surface area (Å²) in [5.41, 5.74) is -0.332. The van der Waals surface area contributed by atoms with Gasteiger partial charge < -0.3 is 19.6 Å². The van der Waals surface area contributed by atoms with Crippen LogP contribution in [0.1, 0.15) is 62.8 Å². The minimum absolute atomic E-state index is 0.155. The molecule has 0 radical (unpaired) electrons. The van der Waals surface area contributed by atoms with Gasteiger partial charge in [0.25, 0.3) is 5.91 Å². The van der Waals surface area contributed by atoms with E-state index in [0.29, 0.717) is 18.4 Å². The predicted molar refractivity (Wildman–Crippen MR) is 151 cm³/mol. The number of hydrogen-bond acceptors (Lipinski definition) is 4. The summed E-state index contributed by atoms with van der Waals surface area (Å²) in [6.45, 7) is 6.10. The molecule has 42 heavy (non-hydrogen) atoms. The van der Waals surface area contributed by atoms with Gasteiger partial charge in [0.1, 0.15) is 18.2 Å². The summed E-state index contributed by atoms with van der Waals surface area (Å²) in [5.74, 6) is -2.23. The summed E-state index contributed by atoms with van der Waals surface area (Å²) in [6, 6.07) is 15.1. The Bertz CT molecular complexity index is 1530. The fraction of sp³-hybridized carbons (Fsp3) is 0.406. The first-order valence-electron chi connectivity index (χ1n) is 13.9. The summed E-state index contributed by atoms with van der Waals surface area (Å²) in [5, 5.41) is 11.2. The number of likely N-dealkylation sites (tertiary alicyclic amines) is 1. The number of fused-ring (bicyclic) bond motifs is 2. The van der Waals surface area contributed by atoms with Gasteiger partial charge in [-0.1, -0.05) is 63.2 Å². The van der Waals surface area contributed by atoms with Gasteiger partial charge >= 0.3 is 12.1 Å². The molecule has 3 aromatic rings. The molecule has 7 nitrogen and oxygen atoms in total. The number of carboxylic acid groups (broad SMARTS) is 1. The van der Waals surface area contributed by atoms with Crippen molar-refractivity contribution in [2.75, 3.05) is 18.0 Å². The minimum Gasteiger partial charge on any atom is -0.480 e. The Balaban J connectivity index is 1.67. The number of anilines is 1. The zero-order chi connectivity index (χ0) is 30.4. The van der Waals surface area contributed by atoms with Crippen LogP contribution in [0.5, 0.6) is 0 Å². The molecular weight excluding hydrogens is 549 g/mol. The minimum atomic E-state index is -4.64. The molecule has 2 aliphatic rings. The van der Waals surface area contributed by atoms with E-state index in [9.17, 15) is 32.7 Å². The summed E-state index contributed by atoms with van der Waals surface area (Å²) in [6.07, 6.45) is -6.73. The molecule has 1 fully saturated rings. The van der Waals surface area contributed by atoms with Crippen molar-refractivity contribution >= 4 is 34.2 Å². The maximum absolute atomic E-state index is 14.2. The van der Waals surface area contributed by atoms with Crippen molar-refractivity contribution in [1.82, 2.24) is 4.90 Å². The van der Waals surface area contributed by atoms with Gasteiger partial charge in [-0.25, -0.2) is 4.79 Å². The van der Waals surface area contributed by atoms with Gasteiger partial charge in [-0.15, -0.1) is 0 Å². The first-order chi connectivity index (χ1) is 19.7. The van der Waals surface area contributed by atoms with Crippen LogP contribution in [0.4, 0.5) is 18.9 Å². The number of carbonyl (C=O) groups excluding carboxylic acids is 2. The summed E-state index contributed by atoms with van der Waals surface area (Å²) < 4.78 is 48.4. The maximum atomic E-state index is 14.2. The van der Waals surface area contributed by atoms with Crippen LogP contribution >= 0.6 is 0 Å². The van der Waals surface area contributed by atoms with Crippen molar-refractivity contribution < 1.29 is 37.4 Å². The molecule has 2 heterocycles. The number of halogens is 3. The van der Waals surface area contributed by atoms with E-state index in [1.807, 2.05) is 51.1 Å². The topological polar surface area (TPSA) is 87.2 Å². The molecule has 3 aromatic carbocycles. The highest BCUT2D eigenvalue weighted by atomic mass is 19.4. The lowest BCUT2D eigenvalue weighted by Crippen LogP contribution is -2.47. The molecular formula is C32H33F3N2O5.